The fourth-order valence-electron chi connectivity index (χ4n) is 4.79. The van der Waals surface area contributed by atoms with Gasteiger partial charge in [-0.05, 0) is 71.7 Å². The van der Waals surface area contributed by atoms with Crippen LogP contribution in [0.25, 0.3) is 11.1 Å². The molecule has 3 aromatic carbocycles. The summed E-state index contributed by atoms with van der Waals surface area (Å²) in [5.41, 5.74) is 3.77. The van der Waals surface area contributed by atoms with E-state index < -0.39 is 6.04 Å². The van der Waals surface area contributed by atoms with Crippen LogP contribution in [-0.4, -0.2) is 35.8 Å². The van der Waals surface area contributed by atoms with Gasteiger partial charge in [0.15, 0.2) is 0 Å². The lowest BCUT2D eigenvalue weighted by Gasteiger charge is -2.35. The number of amides is 2. The largest absolute Gasteiger partial charge is 0.341 e. The summed E-state index contributed by atoms with van der Waals surface area (Å²) in [6.07, 6.45) is 1.76. The van der Waals surface area contributed by atoms with Gasteiger partial charge in [0.1, 0.15) is 6.04 Å². The van der Waals surface area contributed by atoms with Gasteiger partial charge >= 0.3 is 0 Å². The number of piperidine rings is 1. The van der Waals surface area contributed by atoms with Crippen molar-refractivity contribution in [3.63, 3.8) is 0 Å². The normalized spacial score (nSPS) is 14.8. The summed E-state index contributed by atoms with van der Waals surface area (Å²) in [7, 11) is 0. The molecule has 5 nitrogen and oxygen atoms in total. The number of carbonyl (C=O) groups excluding carboxylic acids is 2. The molecule has 0 unspecified atom stereocenters. The average Bonchev–Trinajstić information content (AvgIpc) is 2.91. The van der Waals surface area contributed by atoms with Crippen LogP contribution in [0.3, 0.4) is 0 Å². The standard InChI is InChI=1S/C30H30ClN3O2/c1-20(2)28(30(36)34-16-14-23(15-17-34)22-10-12-25(31)13-11-22)33-29(35)27-9-4-3-8-26(27)24-7-5-6-21(18-24)19-32/h3-13,18,20,23,28H,14-17H2,1-2H3,(H,33,35)/t28-/m1/s1. The molecule has 1 saturated heterocycles. The van der Waals surface area contributed by atoms with E-state index in [0.717, 1.165) is 29.0 Å². The zero-order valence-corrected chi connectivity index (χ0v) is 21.3. The van der Waals surface area contributed by atoms with Crippen molar-refractivity contribution < 1.29 is 9.59 Å². The molecule has 0 aromatic heterocycles. The van der Waals surface area contributed by atoms with Gasteiger partial charge < -0.3 is 10.2 Å². The van der Waals surface area contributed by atoms with E-state index in [1.165, 1.54) is 5.56 Å². The van der Waals surface area contributed by atoms with E-state index in [-0.39, 0.29) is 17.7 Å². The number of likely N-dealkylation sites (tertiary alicyclic amines) is 1. The van der Waals surface area contributed by atoms with Gasteiger partial charge in [-0.1, -0.05) is 67.9 Å². The lowest BCUT2D eigenvalue weighted by molar-refractivity contribution is -0.135. The molecule has 1 N–H and O–H groups in total. The number of hydrogen-bond acceptors (Lipinski definition) is 3. The van der Waals surface area contributed by atoms with Crippen LogP contribution < -0.4 is 5.32 Å². The third kappa shape index (κ3) is 5.78. The Hall–Kier alpha value is -3.62. The maximum Gasteiger partial charge on any atom is 0.252 e. The Morgan fingerprint density at radius 3 is 2.36 bits per heavy atom. The molecule has 1 aliphatic heterocycles. The predicted molar refractivity (Wildman–Crippen MR) is 143 cm³/mol. The highest BCUT2D eigenvalue weighted by Crippen LogP contribution is 2.30. The molecule has 6 heteroatoms. The molecule has 1 aliphatic rings. The molecule has 4 rings (SSSR count). The van der Waals surface area contributed by atoms with Crippen LogP contribution >= 0.6 is 11.6 Å². The summed E-state index contributed by atoms with van der Waals surface area (Å²) in [5, 5.41) is 13.0. The van der Waals surface area contributed by atoms with Crippen molar-refractivity contribution >= 4 is 23.4 Å². The lowest BCUT2D eigenvalue weighted by Crippen LogP contribution is -2.52. The average molecular weight is 500 g/mol. The minimum atomic E-state index is -0.622. The fraction of sp³-hybridized carbons (Fsp3) is 0.300. The molecule has 1 heterocycles. The summed E-state index contributed by atoms with van der Waals surface area (Å²) in [5.74, 6) is -0.00750. The van der Waals surface area contributed by atoms with Crippen molar-refractivity contribution in [1.29, 1.82) is 5.26 Å². The zero-order valence-electron chi connectivity index (χ0n) is 20.6. The van der Waals surface area contributed by atoms with Crippen LogP contribution in [0.15, 0.2) is 72.8 Å². The van der Waals surface area contributed by atoms with E-state index in [1.807, 2.05) is 49.1 Å². The summed E-state index contributed by atoms with van der Waals surface area (Å²) < 4.78 is 0. The third-order valence-electron chi connectivity index (χ3n) is 6.84. The summed E-state index contributed by atoms with van der Waals surface area (Å²) >= 11 is 6.02. The van der Waals surface area contributed by atoms with Crippen LogP contribution in [0.5, 0.6) is 0 Å². The highest BCUT2D eigenvalue weighted by atomic mass is 35.5. The van der Waals surface area contributed by atoms with Gasteiger partial charge in [0.2, 0.25) is 5.91 Å². The van der Waals surface area contributed by atoms with Gasteiger partial charge in [-0.2, -0.15) is 5.26 Å². The maximum absolute atomic E-state index is 13.5. The maximum atomic E-state index is 13.5. The molecule has 0 radical (unpaired) electrons. The SMILES string of the molecule is CC(C)[C@@H](NC(=O)c1ccccc1-c1cccc(C#N)c1)C(=O)N1CCC(c2ccc(Cl)cc2)CC1. The van der Waals surface area contributed by atoms with Gasteiger partial charge in [-0.15, -0.1) is 0 Å². The van der Waals surface area contributed by atoms with Crippen molar-refractivity contribution in [1.82, 2.24) is 10.2 Å². The van der Waals surface area contributed by atoms with Crippen LogP contribution in [-0.2, 0) is 4.79 Å². The van der Waals surface area contributed by atoms with Crippen LogP contribution in [0.1, 0.15) is 54.1 Å². The number of nitriles is 1. The van der Waals surface area contributed by atoms with Gasteiger partial charge in [-0.3, -0.25) is 9.59 Å². The Morgan fingerprint density at radius 2 is 1.69 bits per heavy atom. The second-order valence-electron chi connectivity index (χ2n) is 9.58. The second kappa shape index (κ2) is 11.4. The van der Waals surface area contributed by atoms with Gasteiger partial charge in [0, 0.05) is 23.7 Å². The molecular formula is C30H30ClN3O2. The summed E-state index contributed by atoms with van der Waals surface area (Å²) in [6, 6.07) is 23.9. The van der Waals surface area contributed by atoms with E-state index in [4.69, 9.17) is 11.6 Å². The minimum Gasteiger partial charge on any atom is -0.341 e. The Morgan fingerprint density at radius 1 is 1.00 bits per heavy atom. The first kappa shape index (κ1) is 25.5. The van der Waals surface area contributed by atoms with E-state index in [1.54, 1.807) is 30.3 Å². The number of carbonyl (C=O) groups is 2. The predicted octanol–water partition coefficient (Wildman–Crippen LogP) is 6.04. The first-order valence-electron chi connectivity index (χ1n) is 12.3. The first-order valence-corrected chi connectivity index (χ1v) is 12.7. The van der Waals surface area contributed by atoms with Gasteiger partial charge in [0.25, 0.3) is 5.91 Å². The van der Waals surface area contributed by atoms with Crippen molar-refractivity contribution in [3.05, 3.63) is 94.5 Å². The van der Waals surface area contributed by atoms with E-state index in [9.17, 15) is 14.9 Å². The molecule has 0 spiro atoms. The highest BCUT2D eigenvalue weighted by molar-refractivity contribution is 6.30. The van der Waals surface area contributed by atoms with Gasteiger partial charge in [-0.25, -0.2) is 0 Å². The van der Waals surface area contributed by atoms with Crippen molar-refractivity contribution in [3.8, 4) is 17.2 Å². The van der Waals surface area contributed by atoms with Crippen LogP contribution in [0.2, 0.25) is 5.02 Å². The molecule has 0 aliphatic carbocycles. The molecule has 3 aromatic rings. The Kier molecular flexibility index (Phi) is 8.07. The summed E-state index contributed by atoms with van der Waals surface area (Å²) in [6.45, 7) is 5.21. The highest BCUT2D eigenvalue weighted by Gasteiger charge is 2.32. The molecule has 184 valence electrons. The van der Waals surface area contributed by atoms with Crippen molar-refractivity contribution in [2.45, 2.75) is 38.6 Å². The number of nitrogens with one attached hydrogen (secondary N) is 1. The molecule has 1 atom stereocenters. The molecule has 2 amide bonds. The van der Waals surface area contributed by atoms with E-state index >= 15 is 0 Å². The Labute approximate surface area is 217 Å². The minimum absolute atomic E-state index is 0.0446. The van der Waals surface area contributed by atoms with Crippen molar-refractivity contribution in [2.75, 3.05) is 13.1 Å². The Balaban J connectivity index is 1.47. The molecule has 0 saturated carbocycles. The smallest absolute Gasteiger partial charge is 0.252 e. The lowest BCUT2D eigenvalue weighted by atomic mass is 9.89. The second-order valence-corrected chi connectivity index (χ2v) is 10.0. The molecule has 1 fully saturated rings. The third-order valence-corrected chi connectivity index (χ3v) is 7.09. The van der Waals surface area contributed by atoms with Crippen LogP contribution in [0.4, 0.5) is 0 Å². The number of benzene rings is 3. The van der Waals surface area contributed by atoms with Crippen molar-refractivity contribution in [2.24, 2.45) is 5.92 Å². The number of halogens is 1. The molecule has 36 heavy (non-hydrogen) atoms. The molecule has 0 bridgehead atoms. The topological polar surface area (TPSA) is 73.2 Å². The summed E-state index contributed by atoms with van der Waals surface area (Å²) in [4.78, 5) is 28.8. The number of rotatable bonds is 6. The number of hydrogen-bond donors (Lipinski definition) is 1. The first-order chi connectivity index (χ1) is 17.4. The fourth-order valence-corrected chi connectivity index (χ4v) is 4.91. The van der Waals surface area contributed by atoms with Crippen LogP contribution in [0, 0.1) is 17.2 Å². The zero-order chi connectivity index (χ0) is 25.7. The monoisotopic (exact) mass is 499 g/mol. The van der Waals surface area contributed by atoms with Gasteiger partial charge in [0.05, 0.1) is 11.6 Å². The van der Waals surface area contributed by atoms with E-state index in [0.29, 0.717) is 30.1 Å². The quantitative estimate of drug-likeness (QED) is 0.449. The molecular weight excluding hydrogens is 470 g/mol. The number of nitrogens with zero attached hydrogens (tertiary/aromatic N) is 2. The Bertz CT molecular complexity index is 1270. The van der Waals surface area contributed by atoms with E-state index in [2.05, 4.69) is 23.5 Å².